The van der Waals surface area contributed by atoms with E-state index in [9.17, 15) is 13.9 Å². The Hall–Kier alpha value is -1.79. The molecule has 0 bridgehead atoms. The summed E-state index contributed by atoms with van der Waals surface area (Å²) < 4.78 is 31.2. The molecular weight excluding hydrogens is 266 g/mol. The smallest absolute Gasteiger partial charge is 0.208 e. The van der Waals surface area contributed by atoms with E-state index >= 15 is 0 Å². The Morgan fingerprint density at radius 1 is 1.30 bits per heavy atom. The first-order valence-electron chi connectivity index (χ1n) is 6.24. The van der Waals surface area contributed by atoms with Crippen LogP contribution in [-0.4, -0.2) is 16.6 Å². The second-order valence-electron chi connectivity index (χ2n) is 4.57. The van der Waals surface area contributed by atoms with Gasteiger partial charge in [0.25, 0.3) is 0 Å². The van der Waals surface area contributed by atoms with Crippen molar-refractivity contribution in [2.75, 3.05) is 6.54 Å². The standard InChI is InChI=1S/C14H16F2N2O2/c1-8-9(2)20-14(18-8)7-17-6-13(19)10-3-4-11(15)12(16)5-10/h3-5,13,17,19H,6-7H2,1-2H3. The minimum absolute atomic E-state index is 0.186. The summed E-state index contributed by atoms with van der Waals surface area (Å²) >= 11 is 0. The summed E-state index contributed by atoms with van der Waals surface area (Å²) in [4.78, 5) is 4.19. The van der Waals surface area contributed by atoms with Crippen LogP contribution in [0.5, 0.6) is 0 Å². The molecule has 6 heteroatoms. The van der Waals surface area contributed by atoms with Gasteiger partial charge in [-0.25, -0.2) is 13.8 Å². The van der Waals surface area contributed by atoms with E-state index in [0.29, 0.717) is 18.0 Å². The Bertz CT molecular complexity index is 579. The zero-order valence-corrected chi connectivity index (χ0v) is 11.3. The Morgan fingerprint density at radius 3 is 2.65 bits per heavy atom. The van der Waals surface area contributed by atoms with E-state index in [1.807, 2.05) is 13.8 Å². The maximum absolute atomic E-state index is 13.0. The second-order valence-corrected chi connectivity index (χ2v) is 4.57. The molecule has 0 aliphatic heterocycles. The Labute approximate surface area is 115 Å². The van der Waals surface area contributed by atoms with Crippen molar-refractivity contribution >= 4 is 0 Å². The van der Waals surface area contributed by atoms with Crippen LogP contribution in [0.2, 0.25) is 0 Å². The van der Waals surface area contributed by atoms with Gasteiger partial charge in [-0.05, 0) is 31.5 Å². The lowest BCUT2D eigenvalue weighted by Crippen LogP contribution is -2.21. The molecule has 1 unspecified atom stereocenters. The summed E-state index contributed by atoms with van der Waals surface area (Å²) in [5, 5.41) is 12.8. The van der Waals surface area contributed by atoms with Crippen LogP contribution in [0.3, 0.4) is 0 Å². The normalized spacial score (nSPS) is 12.7. The molecule has 1 aromatic heterocycles. The van der Waals surface area contributed by atoms with Crippen LogP contribution in [0.15, 0.2) is 22.6 Å². The molecule has 0 aliphatic carbocycles. The Kier molecular flexibility index (Phi) is 4.46. The predicted molar refractivity (Wildman–Crippen MR) is 69.0 cm³/mol. The average molecular weight is 282 g/mol. The van der Waals surface area contributed by atoms with Crippen LogP contribution in [0, 0.1) is 25.5 Å². The highest BCUT2D eigenvalue weighted by molar-refractivity contribution is 5.20. The van der Waals surface area contributed by atoms with Gasteiger partial charge in [0.15, 0.2) is 11.6 Å². The van der Waals surface area contributed by atoms with Gasteiger partial charge in [0.1, 0.15) is 5.76 Å². The van der Waals surface area contributed by atoms with Crippen molar-refractivity contribution in [3.63, 3.8) is 0 Å². The van der Waals surface area contributed by atoms with Crippen LogP contribution in [-0.2, 0) is 6.54 Å². The number of nitrogens with one attached hydrogen (secondary N) is 1. The van der Waals surface area contributed by atoms with Crippen molar-refractivity contribution in [2.45, 2.75) is 26.5 Å². The van der Waals surface area contributed by atoms with Gasteiger partial charge in [-0.15, -0.1) is 0 Å². The number of halogens is 2. The molecule has 4 nitrogen and oxygen atoms in total. The fourth-order valence-electron chi connectivity index (χ4n) is 1.77. The number of rotatable bonds is 5. The number of aliphatic hydroxyl groups is 1. The molecule has 0 aliphatic rings. The molecule has 2 N–H and O–H groups in total. The number of aliphatic hydroxyl groups excluding tert-OH is 1. The molecule has 2 rings (SSSR count). The van der Waals surface area contributed by atoms with Crippen LogP contribution in [0.1, 0.15) is 29.0 Å². The topological polar surface area (TPSA) is 58.3 Å². The minimum Gasteiger partial charge on any atom is -0.444 e. The highest BCUT2D eigenvalue weighted by Gasteiger charge is 2.11. The van der Waals surface area contributed by atoms with E-state index in [2.05, 4.69) is 10.3 Å². The van der Waals surface area contributed by atoms with E-state index in [1.165, 1.54) is 6.07 Å². The van der Waals surface area contributed by atoms with E-state index in [4.69, 9.17) is 4.42 Å². The molecule has 0 amide bonds. The van der Waals surface area contributed by atoms with Gasteiger partial charge >= 0.3 is 0 Å². The van der Waals surface area contributed by atoms with Gasteiger partial charge in [0.05, 0.1) is 18.3 Å². The molecule has 0 saturated heterocycles. The molecule has 2 aromatic rings. The van der Waals surface area contributed by atoms with Crippen molar-refractivity contribution in [3.8, 4) is 0 Å². The maximum atomic E-state index is 13.0. The third-order valence-corrected chi connectivity index (χ3v) is 3.02. The van der Waals surface area contributed by atoms with Gasteiger partial charge in [0, 0.05) is 6.54 Å². The first-order chi connectivity index (χ1) is 9.47. The molecular formula is C14H16F2N2O2. The SMILES string of the molecule is Cc1nc(CNCC(O)c2ccc(F)c(F)c2)oc1C. The summed E-state index contributed by atoms with van der Waals surface area (Å²) in [6.07, 6.45) is -0.928. The minimum atomic E-state index is -0.972. The third kappa shape index (κ3) is 3.40. The molecule has 1 atom stereocenters. The summed E-state index contributed by atoms with van der Waals surface area (Å²) in [6.45, 7) is 4.21. The molecule has 1 aromatic carbocycles. The van der Waals surface area contributed by atoms with E-state index in [1.54, 1.807) is 0 Å². The fraction of sp³-hybridized carbons (Fsp3) is 0.357. The van der Waals surface area contributed by atoms with Crippen molar-refractivity contribution < 1.29 is 18.3 Å². The fourth-order valence-corrected chi connectivity index (χ4v) is 1.77. The molecule has 20 heavy (non-hydrogen) atoms. The highest BCUT2D eigenvalue weighted by Crippen LogP contribution is 2.16. The van der Waals surface area contributed by atoms with E-state index in [-0.39, 0.29) is 6.54 Å². The van der Waals surface area contributed by atoms with Crippen molar-refractivity contribution in [3.05, 3.63) is 52.7 Å². The number of benzene rings is 1. The number of aromatic nitrogens is 1. The summed E-state index contributed by atoms with van der Waals surface area (Å²) in [6, 6.07) is 3.33. The van der Waals surface area contributed by atoms with Crippen molar-refractivity contribution in [1.82, 2.24) is 10.3 Å². The Balaban J connectivity index is 1.88. The highest BCUT2D eigenvalue weighted by atomic mass is 19.2. The third-order valence-electron chi connectivity index (χ3n) is 3.02. The molecule has 1 heterocycles. The van der Waals surface area contributed by atoms with Crippen LogP contribution in [0.25, 0.3) is 0 Å². The van der Waals surface area contributed by atoms with E-state index < -0.39 is 17.7 Å². The summed E-state index contributed by atoms with van der Waals surface area (Å²) in [7, 11) is 0. The number of hydrogen-bond donors (Lipinski definition) is 2. The summed E-state index contributed by atoms with van der Waals surface area (Å²) in [5.74, 6) is -0.624. The lowest BCUT2D eigenvalue weighted by Gasteiger charge is -2.11. The Morgan fingerprint density at radius 2 is 2.05 bits per heavy atom. The molecule has 108 valence electrons. The summed E-state index contributed by atoms with van der Waals surface area (Å²) in [5.41, 5.74) is 1.14. The largest absolute Gasteiger partial charge is 0.444 e. The monoisotopic (exact) mass is 282 g/mol. The van der Waals surface area contributed by atoms with Gasteiger partial charge < -0.3 is 14.8 Å². The van der Waals surface area contributed by atoms with Crippen LogP contribution >= 0.6 is 0 Å². The van der Waals surface area contributed by atoms with Gasteiger partial charge in [-0.1, -0.05) is 6.07 Å². The quantitative estimate of drug-likeness (QED) is 0.884. The maximum Gasteiger partial charge on any atom is 0.208 e. The number of hydrogen-bond acceptors (Lipinski definition) is 4. The lowest BCUT2D eigenvalue weighted by molar-refractivity contribution is 0.172. The lowest BCUT2D eigenvalue weighted by atomic mass is 10.1. The van der Waals surface area contributed by atoms with Gasteiger partial charge in [0.2, 0.25) is 5.89 Å². The van der Waals surface area contributed by atoms with Gasteiger partial charge in [-0.3, -0.25) is 0 Å². The average Bonchev–Trinajstić information content (AvgIpc) is 2.72. The number of nitrogens with zero attached hydrogens (tertiary/aromatic N) is 1. The van der Waals surface area contributed by atoms with E-state index in [0.717, 1.165) is 23.6 Å². The first kappa shape index (κ1) is 14.6. The van der Waals surface area contributed by atoms with Crippen LogP contribution in [0.4, 0.5) is 8.78 Å². The predicted octanol–water partition coefficient (Wildman–Crippen LogP) is 2.39. The molecule has 0 fully saturated rings. The molecule has 0 radical (unpaired) electrons. The zero-order valence-electron chi connectivity index (χ0n) is 11.3. The van der Waals surface area contributed by atoms with Gasteiger partial charge in [-0.2, -0.15) is 0 Å². The second kappa shape index (κ2) is 6.11. The van der Waals surface area contributed by atoms with Crippen LogP contribution < -0.4 is 5.32 Å². The molecule has 0 spiro atoms. The number of oxazole rings is 1. The molecule has 0 saturated carbocycles. The first-order valence-corrected chi connectivity index (χ1v) is 6.24. The van der Waals surface area contributed by atoms with Crippen molar-refractivity contribution in [2.24, 2.45) is 0 Å². The van der Waals surface area contributed by atoms with Crippen molar-refractivity contribution in [1.29, 1.82) is 0 Å². The number of aryl methyl sites for hydroxylation is 2. The zero-order chi connectivity index (χ0) is 14.7.